The quantitative estimate of drug-likeness (QED) is 0.917. The maximum atomic E-state index is 5.22. The van der Waals surface area contributed by atoms with Crippen molar-refractivity contribution in [2.45, 2.75) is 39.2 Å². The van der Waals surface area contributed by atoms with E-state index in [0.29, 0.717) is 6.04 Å². The molecule has 1 unspecified atom stereocenters. The topological polar surface area (TPSA) is 58.0 Å². The molecule has 0 amide bonds. The lowest BCUT2D eigenvalue weighted by molar-refractivity contribution is 0.252. The molecular formula is C14H20N4O. The van der Waals surface area contributed by atoms with Crippen molar-refractivity contribution in [2.75, 3.05) is 13.1 Å². The van der Waals surface area contributed by atoms with Crippen LogP contribution in [0, 0.1) is 13.8 Å². The van der Waals surface area contributed by atoms with Gasteiger partial charge in [-0.15, -0.1) is 0 Å². The molecule has 1 fully saturated rings. The van der Waals surface area contributed by atoms with Crippen molar-refractivity contribution in [2.24, 2.45) is 0 Å². The minimum absolute atomic E-state index is 0.440. The number of hydrogen-bond donors (Lipinski definition) is 1. The smallest absolute Gasteiger partial charge is 0.137 e. The Morgan fingerprint density at radius 3 is 3.05 bits per heavy atom. The van der Waals surface area contributed by atoms with Crippen molar-refractivity contribution in [3.8, 4) is 0 Å². The number of aryl methyl sites for hydroxylation is 2. The van der Waals surface area contributed by atoms with Gasteiger partial charge < -0.3 is 9.51 Å². The number of rotatable bonds is 4. The number of aromatic nitrogens is 3. The molecule has 5 heteroatoms. The molecule has 1 N–H and O–H groups in total. The molecule has 0 aromatic carbocycles. The van der Waals surface area contributed by atoms with Gasteiger partial charge in [0.1, 0.15) is 11.6 Å². The monoisotopic (exact) mass is 260 g/mol. The molecule has 2 aromatic heterocycles. The predicted molar refractivity (Wildman–Crippen MR) is 71.8 cm³/mol. The van der Waals surface area contributed by atoms with Gasteiger partial charge >= 0.3 is 0 Å². The van der Waals surface area contributed by atoms with E-state index in [1.807, 2.05) is 26.2 Å². The predicted octanol–water partition coefficient (Wildman–Crippen LogP) is 2.39. The van der Waals surface area contributed by atoms with Crippen LogP contribution in [0.3, 0.4) is 0 Å². The number of nitrogens with zero attached hydrogens (tertiary/aromatic N) is 3. The lowest BCUT2D eigenvalue weighted by atomic mass is 10.1. The summed E-state index contributed by atoms with van der Waals surface area (Å²) in [6.45, 7) is 6.19. The third-order valence-electron chi connectivity index (χ3n) is 4.03. The second kappa shape index (κ2) is 5.17. The van der Waals surface area contributed by atoms with Gasteiger partial charge in [-0.2, -0.15) is 0 Å². The Bertz CT molecular complexity index is 512. The first-order valence-corrected chi connectivity index (χ1v) is 6.91. The fourth-order valence-electron chi connectivity index (χ4n) is 2.98. The lowest BCUT2D eigenvalue weighted by Gasteiger charge is -2.22. The highest BCUT2D eigenvalue weighted by Crippen LogP contribution is 2.29. The molecule has 1 aliphatic heterocycles. The Morgan fingerprint density at radius 2 is 2.37 bits per heavy atom. The molecule has 5 nitrogen and oxygen atoms in total. The van der Waals surface area contributed by atoms with Crippen molar-refractivity contribution < 1.29 is 4.52 Å². The summed E-state index contributed by atoms with van der Waals surface area (Å²) >= 11 is 0. The first kappa shape index (κ1) is 12.4. The number of H-pyrrole nitrogens is 1. The van der Waals surface area contributed by atoms with Crippen molar-refractivity contribution in [1.29, 1.82) is 0 Å². The highest BCUT2D eigenvalue weighted by atomic mass is 16.5. The fraction of sp³-hybridized carbons (Fsp3) is 0.571. The van der Waals surface area contributed by atoms with E-state index in [0.717, 1.165) is 36.8 Å². The number of nitrogens with one attached hydrogen (secondary N) is 1. The van der Waals surface area contributed by atoms with Crippen molar-refractivity contribution in [3.63, 3.8) is 0 Å². The zero-order valence-corrected chi connectivity index (χ0v) is 11.5. The second-order valence-electron chi connectivity index (χ2n) is 5.22. The molecule has 0 radical (unpaired) electrons. The molecule has 1 atom stereocenters. The summed E-state index contributed by atoms with van der Waals surface area (Å²) < 4.78 is 5.22. The molecule has 0 aliphatic carbocycles. The number of hydrogen-bond acceptors (Lipinski definition) is 4. The molecular weight excluding hydrogens is 240 g/mol. The van der Waals surface area contributed by atoms with E-state index in [9.17, 15) is 0 Å². The number of aromatic amines is 1. The number of likely N-dealkylation sites (tertiary alicyclic amines) is 1. The Kier molecular flexibility index (Phi) is 3.38. The van der Waals surface area contributed by atoms with Crippen LogP contribution >= 0.6 is 0 Å². The molecule has 3 rings (SSSR count). The van der Waals surface area contributed by atoms with Gasteiger partial charge in [-0.25, -0.2) is 4.98 Å². The third kappa shape index (κ3) is 2.42. The SMILES string of the molecule is Cc1noc(C)c1CCN1CCCC1c1ncc[nH]1. The van der Waals surface area contributed by atoms with E-state index in [1.165, 1.54) is 18.4 Å². The van der Waals surface area contributed by atoms with E-state index in [-0.39, 0.29) is 0 Å². The van der Waals surface area contributed by atoms with Crippen LogP contribution in [0.2, 0.25) is 0 Å². The molecule has 0 saturated carbocycles. The van der Waals surface area contributed by atoms with Crippen LogP contribution in [-0.4, -0.2) is 33.1 Å². The zero-order chi connectivity index (χ0) is 13.2. The summed E-state index contributed by atoms with van der Waals surface area (Å²) in [5.74, 6) is 2.04. The minimum Gasteiger partial charge on any atom is -0.361 e. The summed E-state index contributed by atoms with van der Waals surface area (Å²) in [5, 5.41) is 4.02. The van der Waals surface area contributed by atoms with Crippen LogP contribution in [0.5, 0.6) is 0 Å². The summed E-state index contributed by atoms with van der Waals surface area (Å²) in [6.07, 6.45) is 7.17. The van der Waals surface area contributed by atoms with Gasteiger partial charge in [-0.05, 0) is 39.7 Å². The average Bonchev–Trinajstić information content (AvgIpc) is 3.09. The van der Waals surface area contributed by atoms with E-state index >= 15 is 0 Å². The Morgan fingerprint density at radius 1 is 1.47 bits per heavy atom. The van der Waals surface area contributed by atoms with Crippen LogP contribution in [0.4, 0.5) is 0 Å². The Labute approximate surface area is 113 Å². The molecule has 0 bridgehead atoms. The van der Waals surface area contributed by atoms with Gasteiger partial charge in [0, 0.05) is 24.5 Å². The maximum Gasteiger partial charge on any atom is 0.137 e. The molecule has 102 valence electrons. The van der Waals surface area contributed by atoms with Crippen molar-refractivity contribution >= 4 is 0 Å². The zero-order valence-electron chi connectivity index (χ0n) is 11.5. The second-order valence-corrected chi connectivity index (χ2v) is 5.22. The van der Waals surface area contributed by atoms with Crippen molar-refractivity contribution in [3.05, 3.63) is 35.2 Å². The van der Waals surface area contributed by atoms with Crippen LogP contribution in [0.25, 0.3) is 0 Å². The molecule has 19 heavy (non-hydrogen) atoms. The normalized spacial score (nSPS) is 20.2. The van der Waals surface area contributed by atoms with Gasteiger partial charge in [-0.3, -0.25) is 4.90 Å². The van der Waals surface area contributed by atoms with Gasteiger partial charge in [0.15, 0.2) is 0 Å². The van der Waals surface area contributed by atoms with E-state index in [1.54, 1.807) is 0 Å². The highest BCUT2D eigenvalue weighted by molar-refractivity contribution is 5.21. The first-order chi connectivity index (χ1) is 9.25. The minimum atomic E-state index is 0.440. The van der Waals surface area contributed by atoms with Gasteiger partial charge in [0.2, 0.25) is 0 Å². The van der Waals surface area contributed by atoms with Gasteiger partial charge in [0.25, 0.3) is 0 Å². The molecule has 2 aromatic rings. The Hall–Kier alpha value is -1.62. The van der Waals surface area contributed by atoms with E-state index in [2.05, 4.69) is 20.0 Å². The lowest BCUT2D eigenvalue weighted by Crippen LogP contribution is -2.26. The summed E-state index contributed by atoms with van der Waals surface area (Å²) in [7, 11) is 0. The van der Waals surface area contributed by atoms with Gasteiger partial charge in [0.05, 0.1) is 11.7 Å². The molecule has 1 aliphatic rings. The number of imidazole rings is 1. The summed E-state index contributed by atoms with van der Waals surface area (Å²) in [4.78, 5) is 10.1. The van der Waals surface area contributed by atoms with E-state index in [4.69, 9.17) is 4.52 Å². The largest absolute Gasteiger partial charge is 0.361 e. The van der Waals surface area contributed by atoms with Crippen LogP contribution in [0.15, 0.2) is 16.9 Å². The van der Waals surface area contributed by atoms with Gasteiger partial charge in [-0.1, -0.05) is 5.16 Å². The fourth-order valence-corrected chi connectivity index (χ4v) is 2.98. The van der Waals surface area contributed by atoms with Crippen molar-refractivity contribution in [1.82, 2.24) is 20.0 Å². The Balaban J connectivity index is 1.66. The molecule has 1 saturated heterocycles. The van der Waals surface area contributed by atoms with Crippen LogP contribution in [-0.2, 0) is 6.42 Å². The van der Waals surface area contributed by atoms with Crippen LogP contribution in [0.1, 0.15) is 41.7 Å². The average molecular weight is 260 g/mol. The molecule has 0 spiro atoms. The standard InChI is InChI=1S/C14H20N4O/c1-10-12(11(2)19-17-10)5-9-18-8-3-4-13(18)14-15-6-7-16-14/h6-7,13H,3-5,8-9H2,1-2H3,(H,15,16). The maximum absolute atomic E-state index is 5.22. The highest BCUT2D eigenvalue weighted by Gasteiger charge is 2.27. The third-order valence-corrected chi connectivity index (χ3v) is 4.03. The molecule has 3 heterocycles. The summed E-state index contributed by atoms with van der Waals surface area (Å²) in [6, 6.07) is 0.440. The van der Waals surface area contributed by atoms with E-state index < -0.39 is 0 Å². The summed E-state index contributed by atoms with van der Waals surface area (Å²) in [5.41, 5.74) is 2.27. The first-order valence-electron chi connectivity index (χ1n) is 6.91. The van der Waals surface area contributed by atoms with Crippen LogP contribution < -0.4 is 0 Å².